The number of alkyl carbamates (subject to hydrolysis) is 1. The number of hydrogen-bond acceptors (Lipinski definition) is 5. The third-order valence-corrected chi connectivity index (χ3v) is 3.31. The van der Waals surface area contributed by atoms with Crippen LogP contribution in [0.25, 0.3) is 0 Å². The number of amides is 2. The highest BCUT2D eigenvalue weighted by molar-refractivity contribution is 8.13. The average molecular weight is 322 g/mol. The monoisotopic (exact) mass is 322 g/mol. The lowest BCUT2D eigenvalue weighted by Crippen LogP contribution is -2.51. The van der Waals surface area contributed by atoms with Gasteiger partial charge in [0.2, 0.25) is 0 Å². The third-order valence-electron chi connectivity index (χ3n) is 2.25. The summed E-state index contributed by atoms with van der Waals surface area (Å²) in [5, 5.41) is 2.44. The summed E-state index contributed by atoms with van der Waals surface area (Å²) in [5.41, 5.74) is -0.476. The first kappa shape index (κ1) is 19.6. The van der Waals surface area contributed by atoms with Gasteiger partial charge in [0.25, 0.3) is 5.91 Å². The van der Waals surface area contributed by atoms with E-state index in [2.05, 4.69) is 10.0 Å². The van der Waals surface area contributed by atoms with Crippen molar-refractivity contribution in [3.8, 4) is 0 Å². The van der Waals surface area contributed by atoms with Crippen molar-refractivity contribution in [3.63, 3.8) is 0 Å². The van der Waals surface area contributed by atoms with Crippen molar-refractivity contribution in [2.75, 3.05) is 6.26 Å². The minimum absolute atomic E-state index is 0.114. The SMILES string of the molecule is CC(C)C[C@H](NC(=O)OC(C)(C)C)C(=O)N[SH](C)(=O)C=O. The molecule has 0 aliphatic rings. The molecule has 0 aromatic rings. The number of hydrogen-bond donors (Lipinski definition) is 3. The van der Waals surface area contributed by atoms with Crippen LogP contribution in [-0.4, -0.2) is 39.7 Å². The summed E-state index contributed by atoms with van der Waals surface area (Å²) in [6.07, 6.45) is 0.752. The summed E-state index contributed by atoms with van der Waals surface area (Å²) in [7, 11) is -3.38. The molecule has 2 amide bonds. The van der Waals surface area contributed by atoms with Crippen molar-refractivity contribution >= 4 is 27.7 Å². The van der Waals surface area contributed by atoms with Crippen LogP contribution in [0, 0.1) is 5.92 Å². The standard InChI is InChI=1S/C13H26N2O5S/c1-9(2)7-10(11(17)15-21(6,19)8-16)14-12(18)20-13(3,4)5/h8-10,21H,7H2,1-6H3,(H,14,18)(H,15,17,19)/t10-/m0/s1. The molecule has 0 heterocycles. The zero-order valence-corrected chi connectivity index (χ0v) is 14.3. The molecule has 0 radical (unpaired) electrons. The van der Waals surface area contributed by atoms with Crippen LogP contribution in [0.15, 0.2) is 0 Å². The molecule has 0 aromatic heterocycles. The van der Waals surface area contributed by atoms with E-state index < -0.39 is 33.8 Å². The van der Waals surface area contributed by atoms with Gasteiger partial charge in [0, 0.05) is 16.4 Å². The molecule has 21 heavy (non-hydrogen) atoms. The molecule has 0 spiro atoms. The van der Waals surface area contributed by atoms with Gasteiger partial charge in [0.15, 0.2) is 5.62 Å². The van der Waals surface area contributed by atoms with Gasteiger partial charge in [-0.3, -0.25) is 18.5 Å². The molecule has 2 N–H and O–H groups in total. The molecule has 0 saturated carbocycles. The fourth-order valence-electron chi connectivity index (χ4n) is 1.48. The van der Waals surface area contributed by atoms with Gasteiger partial charge in [-0.15, -0.1) is 0 Å². The molecule has 0 bridgehead atoms. The van der Waals surface area contributed by atoms with Gasteiger partial charge in [-0.2, -0.15) is 0 Å². The highest BCUT2D eigenvalue weighted by Crippen LogP contribution is 2.10. The first-order valence-electron chi connectivity index (χ1n) is 6.71. The summed E-state index contributed by atoms with van der Waals surface area (Å²) in [6, 6.07) is -0.909. The van der Waals surface area contributed by atoms with Crippen LogP contribution in [-0.2, 0) is 24.4 Å². The minimum atomic E-state index is -3.38. The minimum Gasteiger partial charge on any atom is -0.444 e. The normalized spacial score (nSPS) is 14.2. The van der Waals surface area contributed by atoms with Crippen LogP contribution >= 0.6 is 0 Å². The zero-order chi connectivity index (χ0) is 16.8. The van der Waals surface area contributed by atoms with E-state index >= 15 is 0 Å². The quantitative estimate of drug-likeness (QED) is 0.496. The molecule has 0 saturated heterocycles. The van der Waals surface area contributed by atoms with Gasteiger partial charge in [0.05, 0.1) is 0 Å². The van der Waals surface area contributed by atoms with Crippen molar-refractivity contribution in [2.24, 2.45) is 5.92 Å². The molecule has 0 aromatic carbocycles. The van der Waals surface area contributed by atoms with E-state index in [1.165, 1.54) is 0 Å². The lowest BCUT2D eigenvalue weighted by Gasteiger charge is -2.25. The summed E-state index contributed by atoms with van der Waals surface area (Å²) in [5.74, 6) is -0.546. The molecule has 0 rings (SSSR count). The van der Waals surface area contributed by atoms with Crippen LogP contribution in [0.3, 0.4) is 0 Å². The van der Waals surface area contributed by atoms with Crippen molar-refractivity contribution in [1.29, 1.82) is 0 Å². The van der Waals surface area contributed by atoms with Crippen molar-refractivity contribution in [1.82, 2.24) is 10.0 Å². The Morgan fingerprint density at radius 3 is 2.19 bits per heavy atom. The van der Waals surface area contributed by atoms with Crippen LogP contribution in [0.1, 0.15) is 41.0 Å². The topological polar surface area (TPSA) is 102 Å². The maximum absolute atomic E-state index is 12.0. The Morgan fingerprint density at radius 2 is 1.81 bits per heavy atom. The maximum Gasteiger partial charge on any atom is 0.408 e. The van der Waals surface area contributed by atoms with E-state index in [1.54, 1.807) is 20.8 Å². The van der Waals surface area contributed by atoms with Crippen molar-refractivity contribution in [2.45, 2.75) is 52.7 Å². The van der Waals surface area contributed by atoms with Crippen LogP contribution < -0.4 is 10.0 Å². The van der Waals surface area contributed by atoms with E-state index in [0.717, 1.165) is 6.26 Å². The molecule has 0 fully saturated rings. The van der Waals surface area contributed by atoms with Gasteiger partial charge >= 0.3 is 6.09 Å². The summed E-state index contributed by atoms with van der Waals surface area (Å²) in [6.45, 7) is 8.87. The molecule has 8 heteroatoms. The second-order valence-electron chi connectivity index (χ2n) is 6.40. The maximum atomic E-state index is 12.0. The smallest absolute Gasteiger partial charge is 0.408 e. The van der Waals surface area contributed by atoms with Gasteiger partial charge in [-0.25, -0.2) is 4.79 Å². The average Bonchev–Trinajstić information content (AvgIpc) is 2.24. The fourth-order valence-corrected chi connectivity index (χ4v) is 2.12. The molecule has 124 valence electrons. The van der Waals surface area contributed by atoms with E-state index in [1.807, 2.05) is 13.8 Å². The van der Waals surface area contributed by atoms with Gasteiger partial charge < -0.3 is 10.1 Å². The second-order valence-corrected chi connectivity index (χ2v) is 8.81. The number of carbonyl (C=O) groups is 3. The van der Waals surface area contributed by atoms with Crippen molar-refractivity contribution < 1.29 is 23.3 Å². The Morgan fingerprint density at radius 1 is 1.29 bits per heavy atom. The summed E-state index contributed by atoms with van der Waals surface area (Å²) < 4.78 is 18.9. The van der Waals surface area contributed by atoms with Crippen molar-refractivity contribution in [3.05, 3.63) is 0 Å². The Labute approximate surface area is 126 Å². The molecule has 0 aliphatic heterocycles. The van der Waals surface area contributed by atoms with E-state index in [0.29, 0.717) is 6.42 Å². The fraction of sp³-hybridized carbons (Fsp3) is 0.769. The highest BCUT2D eigenvalue weighted by atomic mass is 32.3. The van der Waals surface area contributed by atoms with E-state index in [4.69, 9.17) is 4.74 Å². The Hall–Kier alpha value is -1.44. The summed E-state index contributed by atoms with van der Waals surface area (Å²) in [4.78, 5) is 34.4. The number of carbonyl (C=O) groups excluding carboxylic acids is 3. The predicted molar refractivity (Wildman–Crippen MR) is 83.0 cm³/mol. The largest absolute Gasteiger partial charge is 0.444 e. The van der Waals surface area contributed by atoms with Crippen LogP contribution in [0.4, 0.5) is 4.79 Å². The van der Waals surface area contributed by atoms with E-state index in [-0.39, 0.29) is 11.5 Å². The molecule has 1 atom stereocenters. The van der Waals surface area contributed by atoms with Gasteiger partial charge in [-0.1, -0.05) is 13.8 Å². The number of rotatable bonds is 6. The molecular weight excluding hydrogens is 296 g/mol. The van der Waals surface area contributed by atoms with Gasteiger partial charge in [0.1, 0.15) is 11.6 Å². The Kier molecular flexibility index (Phi) is 7.02. The van der Waals surface area contributed by atoms with Crippen LogP contribution in [0.2, 0.25) is 0 Å². The zero-order valence-electron chi connectivity index (χ0n) is 13.4. The molecule has 7 nitrogen and oxygen atoms in total. The third kappa shape index (κ3) is 9.17. The lowest BCUT2D eigenvalue weighted by atomic mass is 10.0. The molecular formula is C13H26N2O5S. The molecule has 0 unspecified atom stereocenters. The molecule has 0 aliphatic carbocycles. The Balaban J connectivity index is 4.88. The Bertz CT molecular complexity index is 442. The first-order valence-corrected chi connectivity index (χ1v) is 8.94. The number of nitrogens with one attached hydrogen (secondary N) is 2. The summed E-state index contributed by atoms with van der Waals surface area (Å²) >= 11 is 0. The predicted octanol–water partition coefficient (Wildman–Crippen LogP) is 0.794. The first-order chi connectivity index (χ1) is 9.36. The number of thiol groups is 1. The second kappa shape index (κ2) is 7.53. The van der Waals surface area contributed by atoms with Crippen LogP contribution in [0.5, 0.6) is 0 Å². The number of ether oxygens (including phenoxy) is 1. The highest BCUT2D eigenvalue weighted by Gasteiger charge is 2.26. The van der Waals surface area contributed by atoms with E-state index in [9.17, 15) is 18.6 Å². The lowest BCUT2D eigenvalue weighted by molar-refractivity contribution is -0.121. The van der Waals surface area contributed by atoms with Gasteiger partial charge in [-0.05, 0) is 33.1 Å².